The third-order valence-corrected chi connectivity index (χ3v) is 5.49. The van der Waals surface area contributed by atoms with Crippen molar-refractivity contribution in [2.45, 2.75) is 13.8 Å². The number of carbonyl (C=O) groups is 1. The predicted molar refractivity (Wildman–Crippen MR) is 119 cm³/mol. The first-order valence-electron chi connectivity index (χ1n) is 10.1. The quantitative estimate of drug-likeness (QED) is 0.716. The Hall–Kier alpha value is -3.48. The molecule has 0 aliphatic carbocycles. The second-order valence-corrected chi connectivity index (χ2v) is 7.37. The van der Waals surface area contributed by atoms with Crippen molar-refractivity contribution in [1.82, 2.24) is 14.7 Å². The van der Waals surface area contributed by atoms with Gasteiger partial charge in [-0.3, -0.25) is 0 Å². The molecular weight excluding hydrogens is 378 g/mol. The number of urea groups is 1. The number of aromatic nitrogens is 2. The molecule has 156 valence electrons. The molecule has 2 amide bonds. The smallest absolute Gasteiger partial charge is 0.322 e. The lowest BCUT2D eigenvalue weighted by Gasteiger charge is -2.36. The Morgan fingerprint density at radius 2 is 1.63 bits per heavy atom. The van der Waals surface area contributed by atoms with E-state index in [9.17, 15) is 4.79 Å². The van der Waals surface area contributed by atoms with Crippen molar-refractivity contribution in [2.75, 3.05) is 43.5 Å². The summed E-state index contributed by atoms with van der Waals surface area (Å²) >= 11 is 0. The topological polar surface area (TPSA) is 62.6 Å². The van der Waals surface area contributed by atoms with Crippen LogP contribution in [0.15, 0.2) is 54.6 Å². The summed E-state index contributed by atoms with van der Waals surface area (Å²) in [7, 11) is 1.60. The Bertz CT molecular complexity index is 1020. The highest BCUT2D eigenvalue weighted by Crippen LogP contribution is 2.28. The zero-order chi connectivity index (χ0) is 21.1. The number of anilines is 2. The average molecular weight is 406 g/mol. The molecule has 7 heteroatoms. The Labute approximate surface area is 176 Å². The summed E-state index contributed by atoms with van der Waals surface area (Å²) in [5, 5.41) is 7.71. The zero-order valence-electron chi connectivity index (χ0n) is 17.6. The van der Waals surface area contributed by atoms with Crippen LogP contribution in [-0.4, -0.2) is 54.0 Å². The number of aryl methyl sites for hydroxylation is 1. The first-order valence-corrected chi connectivity index (χ1v) is 10.1. The highest BCUT2D eigenvalue weighted by atomic mass is 16.5. The number of nitrogens with zero attached hydrogens (tertiary/aromatic N) is 4. The van der Waals surface area contributed by atoms with Crippen LogP contribution in [0, 0.1) is 13.8 Å². The minimum absolute atomic E-state index is 0.104. The second-order valence-electron chi connectivity index (χ2n) is 7.37. The van der Waals surface area contributed by atoms with Gasteiger partial charge in [-0.2, -0.15) is 5.10 Å². The van der Waals surface area contributed by atoms with Gasteiger partial charge in [-0.05, 0) is 38.1 Å². The maximum Gasteiger partial charge on any atom is 0.322 e. The third-order valence-electron chi connectivity index (χ3n) is 5.49. The molecule has 2 aromatic carbocycles. The van der Waals surface area contributed by atoms with E-state index in [2.05, 4.69) is 29.3 Å². The number of hydrogen-bond donors (Lipinski definition) is 1. The molecule has 1 fully saturated rings. The highest BCUT2D eigenvalue weighted by Gasteiger charge is 2.26. The number of ether oxygens (including phenoxy) is 1. The van der Waals surface area contributed by atoms with E-state index in [0.29, 0.717) is 24.5 Å². The number of methoxy groups -OCH3 is 1. The molecule has 0 radical (unpaired) electrons. The number of benzene rings is 2. The second kappa shape index (κ2) is 8.49. The summed E-state index contributed by atoms with van der Waals surface area (Å²) in [4.78, 5) is 16.9. The lowest BCUT2D eigenvalue weighted by molar-refractivity contribution is 0.208. The number of nitrogens with one attached hydrogen (secondary N) is 1. The molecule has 2 heterocycles. The fourth-order valence-electron chi connectivity index (χ4n) is 3.99. The van der Waals surface area contributed by atoms with E-state index in [-0.39, 0.29) is 6.03 Å². The standard InChI is InChI=1S/C23H27N5O2/c1-17-22(18(2)28(25-17)19-9-5-4-6-10-19)26-13-15-27(16-14-26)23(29)24-20-11-7-8-12-21(20)30-3/h4-12H,13-16H2,1-3H3,(H,24,29). The Morgan fingerprint density at radius 1 is 0.967 bits per heavy atom. The fourth-order valence-corrected chi connectivity index (χ4v) is 3.99. The van der Waals surface area contributed by atoms with Gasteiger partial charge < -0.3 is 19.9 Å². The SMILES string of the molecule is COc1ccccc1NC(=O)N1CCN(c2c(C)nn(-c3ccccc3)c2C)CC1. The van der Waals surface area contributed by atoms with Crippen LogP contribution >= 0.6 is 0 Å². The highest BCUT2D eigenvalue weighted by molar-refractivity contribution is 5.91. The number of amides is 2. The Balaban J connectivity index is 1.44. The maximum atomic E-state index is 12.7. The number of carbonyl (C=O) groups excluding carboxylic acids is 1. The number of hydrogen-bond acceptors (Lipinski definition) is 4. The molecular formula is C23H27N5O2. The Kier molecular flexibility index (Phi) is 5.61. The van der Waals surface area contributed by atoms with E-state index < -0.39 is 0 Å². The molecule has 0 bridgehead atoms. The van der Waals surface area contributed by atoms with Gasteiger partial charge in [-0.1, -0.05) is 30.3 Å². The van der Waals surface area contributed by atoms with Crippen LogP contribution in [0.3, 0.4) is 0 Å². The number of piperazine rings is 1. The Morgan fingerprint density at radius 3 is 2.33 bits per heavy atom. The van der Waals surface area contributed by atoms with Crippen LogP contribution in [0.4, 0.5) is 16.2 Å². The van der Waals surface area contributed by atoms with Gasteiger partial charge in [0.05, 0.1) is 35.6 Å². The van der Waals surface area contributed by atoms with Crippen molar-refractivity contribution in [3.63, 3.8) is 0 Å². The summed E-state index contributed by atoms with van der Waals surface area (Å²) in [6, 6.07) is 17.5. The fraction of sp³-hybridized carbons (Fsp3) is 0.304. The van der Waals surface area contributed by atoms with Gasteiger partial charge >= 0.3 is 6.03 Å². The number of rotatable bonds is 4. The number of para-hydroxylation sites is 3. The summed E-state index contributed by atoms with van der Waals surface area (Å²) in [6.07, 6.45) is 0. The van der Waals surface area contributed by atoms with Gasteiger partial charge in [0, 0.05) is 26.2 Å². The minimum atomic E-state index is -0.104. The van der Waals surface area contributed by atoms with Crippen LogP contribution in [0.1, 0.15) is 11.4 Å². The summed E-state index contributed by atoms with van der Waals surface area (Å²) in [5.41, 5.74) is 5.01. The first-order chi connectivity index (χ1) is 14.6. The molecule has 0 saturated carbocycles. The van der Waals surface area contributed by atoms with Crippen molar-refractivity contribution in [3.05, 3.63) is 66.0 Å². The van der Waals surface area contributed by atoms with Crippen LogP contribution < -0.4 is 15.0 Å². The van der Waals surface area contributed by atoms with Crippen molar-refractivity contribution in [1.29, 1.82) is 0 Å². The van der Waals surface area contributed by atoms with Gasteiger partial charge in [0.1, 0.15) is 5.75 Å². The summed E-state index contributed by atoms with van der Waals surface area (Å²) in [6.45, 7) is 6.97. The predicted octanol–water partition coefficient (Wildman–Crippen LogP) is 3.85. The van der Waals surface area contributed by atoms with Gasteiger partial charge in [0.2, 0.25) is 0 Å². The van der Waals surface area contributed by atoms with Crippen molar-refractivity contribution in [2.24, 2.45) is 0 Å². The lowest BCUT2D eigenvalue weighted by atomic mass is 10.2. The van der Waals surface area contributed by atoms with Gasteiger partial charge in [0.25, 0.3) is 0 Å². The van der Waals surface area contributed by atoms with Gasteiger partial charge in [-0.15, -0.1) is 0 Å². The molecule has 0 unspecified atom stereocenters. The molecule has 1 saturated heterocycles. The van der Waals surface area contributed by atoms with Crippen LogP contribution in [0.25, 0.3) is 5.69 Å². The lowest BCUT2D eigenvalue weighted by Crippen LogP contribution is -2.50. The zero-order valence-corrected chi connectivity index (χ0v) is 17.6. The van der Waals surface area contributed by atoms with E-state index in [1.807, 2.05) is 59.0 Å². The molecule has 0 spiro atoms. The molecule has 0 atom stereocenters. The average Bonchev–Trinajstić information content (AvgIpc) is 3.08. The van der Waals surface area contributed by atoms with Crippen molar-refractivity contribution >= 4 is 17.4 Å². The van der Waals surface area contributed by atoms with E-state index in [1.54, 1.807) is 7.11 Å². The minimum Gasteiger partial charge on any atom is -0.495 e. The molecule has 3 aromatic rings. The summed E-state index contributed by atoms with van der Waals surface area (Å²) < 4.78 is 7.31. The largest absolute Gasteiger partial charge is 0.495 e. The van der Waals surface area contributed by atoms with Crippen molar-refractivity contribution in [3.8, 4) is 11.4 Å². The maximum absolute atomic E-state index is 12.7. The monoisotopic (exact) mass is 405 g/mol. The van der Waals surface area contributed by atoms with Crippen LogP contribution in [0.5, 0.6) is 5.75 Å². The molecule has 30 heavy (non-hydrogen) atoms. The van der Waals surface area contributed by atoms with Crippen LogP contribution in [0.2, 0.25) is 0 Å². The van der Waals surface area contributed by atoms with Gasteiger partial charge in [-0.25, -0.2) is 9.48 Å². The van der Waals surface area contributed by atoms with Gasteiger partial charge in [0.15, 0.2) is 0 Å². The normalized spacial score (nSPS) is 14.0. The van der Waals surface area contributed by atoms with E-state index >= 15 is 0 Å². The molecule has 1 aliphatic heterocycles. The first kappa shape index (κ1) is 19.8. The van der Waals surface area contributed by atoms with E-state index in [0.717, 1.165) is 35.9 Å². The third kappa shape index (κ3) is 3.83. The van der Waals surface area contributed by atoms with Crippen LogP contribution in [-0.2, 0) is 0 Å². The molecule has 4 rings (SSSR count). The molecule has 1 N–H and O–H groups in total. The molecule has 7 nitrogen and oxygen atoms in total. The van der Waals surface area contributed by atoms with Crippen molar-refractivity contribution < 1.29 is 9.53 Å². The molecule has 1 aliphatic rings. The molecule has 1 aromatic heterocycles. The summed E-state index contributed by atoms with van der Waals surface area (Å²) in [5.74, 6) is 0.657. The van der Waals surface area contributed by atoms with E-state index in [1.165, 1.54) is 0 Å². The van der Waals surface area contributed by atoms with E-state index in [4.69, 9.17) is 9.84 Å².